The summed E-state index contributed by atoms with van der Waals surface area (Å²) in [4.78, 5) is 21.9. The van der Waals surface area contributed by atoms with Gasteiger partial charge >= 0.3 is 12.1 Å². The molecule has 15 heavy (non-hydrogen) atoms. The third kappa shape index (κ3) is 3.11. The van der Waals surface area contributed by atoms with Crippen molar-refractivity contribution in [3.8, 4) is 0 Å². The largest absolute Gasteiger partial charge is 0.481 e. The van der Waals surface area contributed by atoms with Gasteiger partial charge in [-0.05, 0) is 25.2 Å². The van der Waals surface area contributed by atoms with Crippen LogP contribution in [-0.2, 0) is 9.53 Å². The number of methoxy groups -OCH3 is 1. The predicted molar refractivity (Wildman–Crippen MR) is 53.5 cm³/mol. The van der Waals surface area contributed by atoms with E-state index in [9.17, 15) is 9.59 Å². The first-order chi connectivity index (χ1) is 6.97. The van der Waals surface area contributed by atoms with Gasteiger partial charge in [-0.1, -0.05) is 6.92 Å². The smallest absolute Gasteiger partial charge is 0.407 e. The Morgan fingerprint density at radius 1 is 1.60 bits per heavy atom. The molecule has 1 fully saturated rings. The second kappa shape index (κ2) is 4.51. The molecule has 0 radical (unpaired) electrons. The van der Waals surface area contributed by atoms with Gasteiger partial charge in [0.2, 0.25) is 0 Å². The number of rotatable bonds is 3. The lowest BCUT2D eigenvalue weighted by molar-refractivity contribution is -0.138. The van der Waals surface area contributed by atoms with Gasteiger partial charge in [-0.2, -0.15) is 0 Å². The highest BCUT2D eigenvalue weighted by atomic mass is 16.5. The summed E-state index contributed by atoms with van der Waals surface area (Å²) in [6.07, 6.45) is 1.76. The molecule has 0 aliphatic heterocycles. The van der Waals surface area contributed by atoms with E-state index in [0.717, 1.165) is 6.42 Å². The van der Waals surface area contributed by atoms with E-state index in [2.05, 4.69) is 17.0 Å². The number of carbonyl (C=O) groups is 2. The van der Waals surface area contributed by atoms with Crippen LogP contribution in [0.15, 0.2) is 0 Å². The molecule has 1 amide bonds. The van der Waals surface area contributed by atoms with E-state index < -0.39 is 17.6 Å². The van der Waals surface area contributed by atoms with E-state index in [1.165, 1.54) is 7.11 Å². The number of amides is 1. The van der Waals surface area contributed by atoms with Crippen LogP contribution in [0.5, 0.6) is 0 Å². The molecule has 0 unspecified atom stereocenters. The predicted octanol–water partition coefficient (Wildman–Crippen LogP) is 1.38. The van der Waals surface area contributed by atoms with Crippen molar-refractivity contribution < 1.29 is 19.4 Å². The Morgan fingerprint density at radius 2 is 2.27 bits per heavy atom. The third-order valence-electron chi connectivity index (χ3n) is 2.90. The van der Waals surface area contributed by atoms with Crippen molar-refractivity contribution in [3.63, 3.8) is 0 Å². The number of hydrogen-bond acceptors (Lipinski definition) is 3. The summed E-state index contributed by atoms with van der Waals surface area (Å²) >= 11 is 0. The standard InChI is InChI=1S/C10H17NO4/c1-7-3-4-10(5-7,6-8(12)13)11-9(14)15-2/h7H,3-6H2,1-2H3,(H,11,14)(H,12,13)/t7-,10+/m1/s1. The monoisotopic (exact) mass is 215 g/mol. The lowest BCUT2D eigenvalue weighted by Gasteiger charge is -2.28. The second-order valence-electron chi connectivity index (χ2n) is 4.32. The minimum absolute atomic E-state index is 0.0353. The quantitative estimate of drug-likeness (QED) is 0.745. The number of carboxylic acid groups (broad SMARTS) is 1. The first-order valence-corrected chi connectivity index (χ1v) is 5.05. The van der Waals surface area contributed by atoms with E-state index in [-0.39, 0.29) is 6.42 Å². The Hall–Kier alpha value is -1.26. The summed E-state index contributed by atoms with van der Waals surface area (Å²) in [5.74, 6) is -0.443. The Balaban J connectivity index is 2.68. The maximum absolute atomic E-state index is 11.1. The molecule has 2 atom stereocenters. The molecule has 1 aliphatic carbocycles. The molecule has 0 saturated heterocycles. The zero-order chi connectivity index (χ0) is 11.5. The zero-order valence-electron chi connectivity index (χ0n) is 9.08. The average molecular weight is 215 g/mol. The maximum Gasteiger partial charge on any atom is 0.407 e. The van der Waals surface area contributed by atoms with E-state index >= 15 is 0 Å². The van der Waals surface area contributed by atoms with Crippen LogP contribution in [0.1, 0.15) is 32.6 Å². The van der Waals surface area contributed by atoms with Crippen molar-refractivity contribution >= 4 is 12.1 Å². The van der Waals surface area contributed by atoms with Gasteiger partial charge in [0, 0.05) is 0 Å². The molecule has 0 aromatic rings. The van der Waals surface area contributed by atoms with Gasteiger partial charge < -0.3 is 15.2 Å². The van der Waals surface area contributed by atoms with Crippen molar-refractivity contribution in [1.29, 1.82) is 0 Å². The number of hydrogen-bond donors (Lipinski definition) is 2. The highest BCUT2D eigenvalue weighted by Crippen LogP contribution is 2.36. The Kier molecular flexibility index (Phi) is 3.55. The fraction of sp³-hybridized carbons (Fsp3) is 0.800. The fourth-order valence-electron chi connectivity index (χ4n) is 2.27. The lowest BCUT2D eigenvalue weighted by atomic mass is 9.92. The van der Waals surface area contributed by atoms with Gasteiger partial charge in [0.05, 0.1) is 19.1 Å². The highest BCUT2D eigenvalue weighted by molar-refractivity contribution is 5.72. The van der Waals surface area contributed by atoms with Crippen molar-refractivity contribution in [3.05, 3.63) is 0 Å². The van der Waals surface area contributed by atoms with Crippen LogP contribution in [0.3, 0.4) is 0 Å². The number of alkyl carbamates (subject to hydrolysis) is 1. The van der Waals surface area contributed by atoms with Gasteiger partial charge in [-0.25, -0.2) is 4.79 Å². The van der Waals surface area contributed by atoms with Crippen molar-refractivity contribution in [2.45, 2.75) is 38.1 Å². The molecular weight excluding hydrogens is 198 g/mol. The Labute approximate surface area is 88.8 Å². The van der Waals surface area contributed by atoms with Gasteiger partial charge in [-0.15, -0.1) is 0 Å². The molecule has 1 saturated carbocycles. The summed E-state index contributed by atoms with van der Waals surface area (Å²) < 4.78 is 4.51. The Bertz CT molecular complexity index is 266. The molecule has 0 heterocycles. The van der Waals surface area contributed by atoms with Crippen LogP contribution in [0.4, 0.5) is 4.79 Å². The minimum atomic E-state index is -0.888. The van der Waals surface area contributed by atoms with Gasteiger partial charge in [-0.3, -0.25) is 4.79 Å². The van der Waals surface area contributed by atoms with E-state index in [0.29, 0.717) is 18.8 Å². The van der Waals surface area contributed by atoms with E-state index in [1.807, 2.05) is 0 Å². The number of carboxylic acids is 1. The maximum atomic E-state index is 11.1. The first kappa shape index (κ1) is 11.8. The van der Waals surface area contributed by atoms with Crippen LogP contribution in [0.2, 0.25) is 0 Å². The zero-order valence-corrected chi connectivity index (χ0v) is 9.08. The minimum Gasteiger partial charge on any atom is -0.481 e. The third-order valence-corrected chi connectivity index (χ3v) is 2.90. The van der Waals surface area contributed by atoms with Gasteiger partial charge in [0.15, 0.2) is 0 Å². The molecule has 5 nitrogen and oxygen atoms in total. The molecule has 0 aromatic heterocycles. The summed E-state index contributed by atoms with van der Waals surface area (Å²) in [6, 6.07) is 0. The molecular formula is C10H17NO4. The second-order valence-corrected chi connectivity index (χ2v) is 4.32. The van der Waals surface area contributed by atoms with Crippen molar-refractivity contribution in [1.82, 2.24) is 5.32 Å². The van der Waals surface area contributed by atoms with Gasteiger partial charge in [0.1, 0.15) is 0 Å². The van der Waals surface area contributed by atoms with Crippen LogP contribution < -0.4 is 5.32 Å². The molecule has 0 aromatic carbocycles. The summed E-state index contributed by atoms with van der Waals surface area (Å²) in [5.41, 5.74) is -0.613. The SMILES string of the molecule is COC(=O)N[C@@]1(CC(=O)O)CC[C@@H](C)C1. The normalized spacial score (nSPS) is 29.9. The molecule has 0 bridgehead atoms. The van der Waals surface area contributed by atoms with Crippen molar-refractivity contribution in [2.75, 3.05) is 7.11 Å². The average Bonchev–Trinajstić information content (AvgIpc) is 2.46. The molecule has 5 heteroatoms. The summed E-state index contributed by atoms with van der Waals surface area (Å²) in [6.45, 7) is 2.06. The first-order valence-electron chi connectivity index (χ1n) is 5.05. The molecule has 1 aliphatic rings. The van der Waals surface area contributed by atoms with E-state index in [4.69, 9.17) is 5.11 Å². The topological polar surface area (TPSA) is 75.6 Å². The fourth-order valence-corrected chi connectivity index (χ4v) is 2.27. The Morgan fingerprint density at radius 3 is 2.67 bits per heavy atom. The van der Waals surface area contributed by atoms with Crippen LogP contribution in [0.25, 0.3) is 0 Å². The van der Waals surface area contributed by atoms with Crippen LogP contribution >= 0.6 is 0 Å². The molecule has 2 N–H and O–H groups in total. The molecule has 1 rings (SSSR count). The van der Waals surface area contributed by atoms with Gasteiger partial charge in [0.25, 0.3) is 0 Å². The number of ether oxygens (including phenoxy) is 1. The van der Waals surface area contributed by atoms with Crippen molar-refractivity contribution in [2.24, 2.45) is 5.92 Å². The summed E-state index contributed by atoms with van der Waals surface area (Å²) in [5, 5.41) is 11.5. The lowest BCUT2D eigenvalue weighted by Crippen LogP contribution is -2.48. The highest BCUT2D eigenvalue weighted by Gasteiger charge is 2.40. The van der Waals surface area contributed by atoms with Crippen LogP contribution in [0, 0.1) is 5.92 Å². The molecule has 86 valence electrons. The number of carbonyl (C=O) groups excluding carboxylic acids is 1. The summed E-state index contributed by atoms with van der Waals surface area (Å²) in [7, 11) is 1.28. The van der Waals surface area contributed by atoms with E-state index in [1.54, 1.807) is 0 Å². The number of aliphatic carboxylic acids is 1. The number of nitrogens with one attached hydrogen (secondary N) is 1. The van der Waals surface area contributed by atoms with Crippen LogP contribution in [-0.4, -0.2) is 29.8 Å². The molecule has 0 spiro atoms.